The maximum Gasteiger partial charge on any atom is 0.227 e. The molecule has 0 aromatic heterocycles. The molecule has 0 bridgehead atoms. The molecule has 0 unspecified atom stereocenters. The van der Waals surface area contributed by atoms with Crippen LogP contribution in [-0.4, -0.2) is 57.6 Å². The molecule has 1 saturated heterocycles. The molecular weight excluding hydrogens is 318 g/mol. The summed E-state index contributed by atoms with van der Waals surface area (Å²) in [5.74, 6) is 0.0202. The van der Waals surface area contributed by atoms with Crippen molar-refractivity contribution in [3.8, 4) is 5.75 Å². The minimum Gasteiger partial charge on any atom is -0.495 e. The summed E-state index contributed by atoms with van der Waals surface area (Å²) in [5, 5.41) is 3.39. The minimum absolute atomic E-state index is 0.0938. The molecular formula is C16H22ClN3O3. The van der Waals surface area contributed by atoms with Gasteiger partial charge in [0.25, 0.3) is 0 Å². The van der Waals surface area contributed by atoms with Gasteiger partial charge in [-0.3, -0.25) is 9.59 Å². The molecule has 23 heavy (non-hydrogen) atoms. The predicted octanol–water partition coefficient (Wildman–Crippen LogP) is 1.38. The minimum atomic E-state index is -0.353. The molecule has 1 aliphatic heterocycles. The smallest absolute Gasteiger partial charge is 0.227 e. The van der Waals surface area contributed by atoms with Crippen molar-refractivity contribution in [1.29, 1.82) is 0 Å². The Morgan fingerprint density at radius 3 is 2.87 bits per heavy atom. The zero-order valence-corrected chi connectivity index (χ0v) is 14.4. The van der Waals surface area contributed by atoms with Crippen LogP contribution in [-0.2, 0) is 9.59 Å². The molecule has 126 valence electrons. The Morgan fingerprint density at radius 2 is 2.22 bits per heavy atom. The number of carbonyl (C=O) groups excluding carboxylic acids is 2. The van der Waals surface area contributed by atoms with Crippen LogP contribution < -0.4 is 15.0 Å². The molecule has 0 spiro atoms. The first-order chi connectivity index (χ1) is 10.9. The van der Waals surface area contributed by atoms with Crippen molar-refractivity contribution in [3.63, 3.8) is 0 Å². The van der Waals surface area contributed by atoms with Crippen molar-refractivity contribution in [3.05, 3.63) is 23.2 Å². The van der Waals surface area contributed by atoms with E-state index in [4.69, 9.17) is 16.3 Å². The third-order valence-corrected chi connectivity index (χ3v) is 4.02. The average Bonchev–Trinajstić information content (AvgIpc) is 2.88. The highest BCUT2D eigenvalue weighted by Gasteiger charge is 2.36. The number of amides is 2. The number of methoxy groups -OCH3 is 1. The Kier molecular flexibility index (Phi) is 5.85. The van der Waals surface area contributed by atoms with Gasteiger partial charge in [-0.1, -0.05) is 11.6 Å². The lowest BCUT2D eigenvalue weighted by Gasteiger charge is -2.20. The lowest BCUT2D eigenvalue weighted by atomic mass is 10.1. The highest BCUT2D eigenvalue weighted by molar-refractivity contribution is 6.31. The van der Waals surface area contributed by atoms with Crippen LogP contribution >= 0.6 is 11.6 Å². The number of ether oxygens (including phenoxy) is 1. The largest absolute Gasteiger partial charge is 0.495 e. The normalized spacial score (nSPS) is 17.7. The maximum absolute atomic E-state index is 12.3. The summed E-state index contributed by atoms with van der Waals surface area (Å²) in [6.45, 7) is 1.67. The van der Waals surface area contributed by atoms with Crippen LogP contribution in [0, 0.1) is 5.92 Å². The second kappa shape index (κ2) is 7.66. The number of hydrogen-bond donors (Lipinski definition) is 1. The van der Waals surface area contributed by atoms with Crippen LogP contribution in [0.4, 0.5) is 5.69 Å². The van der Waals surface area contributed by atoms with Gasteiger partial charge in [-0.25, -0.2) is 0 Å². The molecule has 1 heterocycles. The zero-order valence-electron chi connectivity index (χ0n) is 13.6. The first kappa shape index (κ1) is 17.6. The van der Waals surface area contributed by atoms with E-state index < -0.39 is 0 Å². The lowest BCUT2D eigenvalue weighted by molar-refractivity contribution is -0.126. The Labute approximate surface area is 141 Å². The van der Waals surface area contributed by atoms with Crippen molar-refractivity contribution in [2.24, 2.45) is 5.92 Å². The van der Waals surface area contributed by atoms with Gasteiger partial charge in [-0.05, 0) is 32.3 Å². The fourth-order valence-electron chi connectivity index (χ4n) is 2.54. The Balaban J connectivity index is 2.05. The number of benzene rings is 1. The molecule has 1 fully saturated rings. The molecule has 0 aliphatic carbocycles. The van der Waals surface area contributed by atoms with Crippen molar-refractivity contribution < 1.29 is 14.3 Å². The number of nitrogens with one attached hydrogen (secondary N) is 1. The van der Waals surface area contributed by atoms with Crippen LogP contribution in [0.1, 0.15) is 6.42 Å². The predicted molar refractivity (Wildman–Crippen MR) is 90.0 cm³/mol. The molecule has 0 saturated carbocycles. The number of anilines is 1. The van der Waals surface area contributed by atoms with Crippen molar-refractivity contribution >= 4 is 29.1 Å². The van der Waals surface area contributed by atoms with Gasteiger partial charge in [0.1, 0.15) is 5.75 Å². The van der Waals surface area contributed by atoms with E-state index in [0.717, 1.165) is 6.54 Å². The van der Waals surface area contributed by atoms with Crippen LogP contribution in [0.2, 0.25) is 5.02 Å². The van der Waals surface area contributed by atoms with E-state index in [2.05, 4.69) is 5.32 Å². The monoisotopic (exact) mass is 339 g/mol. The van der Waals surface area contributed by atoms with E-state index >= 15 is 0 Å². The molecule has 1 aromatic rings. The van der Waals surface area contributed by atoms with E-state index in [1.54, 1.807) is 30.2 Å². The van der Waals surface area contributed by atoms with Crippen molar-refractivity contribution in [1.82, 2.24) is 10.2 Å². The number of nitrogens with zero attached hydrogens (tertiary/aromatic N) is 2. The summed E-state index contributed by atoms with van der Waals surface area (Å²) in [6, 6.07) is 5.11. The van der Waals surface area contributed by atoms with Gasteiger partial charge in [-0.2, -0.15) is 0 Å². The molecule has 0 radical (unpaired) electrons. The van der Waals surface area contributed by atoms with Gasteiger partial charge in [0.05, 0.1) is 18.7 Å². The number of hydrogen-bond acceptors (Lipinski definition) is 4. The maximum atomic E-state index is 12.3. The lowest BCUT2D eigenvalue weighted by Crippen LogP contribution is -2.36. The Bertz CT molecular complexity index is 592. The summed E-state index contributed by atoms with van der Waals surface area (Å²) >= 11 is 6.02. The zero-order chi connectivity index (χ0) is 17.0. The fourth-order valence-corrected chi connectivity index (χ4v) is 2.70. The van der Waals surface area contributed by atoms with E-state index in [0.29, 0.717) is 29.5 Å². The molecule has 2 rings (SSSR count). The SMILES string of the molecule is COc1ccc(Cl)cc1N1C[C@@H](C(=O)NCCN(C)C)CC1=O. The van der Waals surface area contributed by atoms with Gasteiger partial charge in [0.15, 0.2) is 0 Å². The van der Waals surface area contributed by atoms with E-state index in [1.165, 1.54) is 0 Å². The average molecular weight is 340 g/mol. The van der Waals surface area contributed by atoms with Gasteiger partial charge in [0.2, 0.25) is 11.8 Å². The Morgan fingerprint density at radius 1 is 1.48 bits per heavy atom. The molecule has 7 heteroatoms. The molecule has 1 aliphatic rings. The van der Waals surface area contributed by atoms with Crippen molar-refractivity contribution in [2.75, 3.05) is 45.7 Å². The topological polar surface area (TPSA) is 61.9 Å². The van der Waals surface area contributed by atoms with Gasteiger partial charge in [-0.15, -0.1) is 0 Å². The summed E-state index contributed by atoms with van der Waals surface area (Å²) in [6.07, 6.45) is 0.198. The quantitative estimate of drug-likeness (QED) is 0.850. The third-order valence-electron chi connectivity index (χ3n) is 3.79. The second-order valence-corrected chi connectivity index (χ2v) is 6.25. The highest BCUT2D eigenvalue weighted by Crippen LogP contribution is 2.35. The first-order valence-corrected chi connectivity index (χ1v) is 7.86. The number of rotatable bonds is 6. The summed E-state index contributed by atoms with van der Waals surface area (Å²) < 4.78 is 5.29. The molecule has 6 nitrogen and oxygen atoms in total. The third kappa shape index (κ3) is 4.36. The number of likely N-dealkylation sites (N-methyl/N-ethyl adjacent to an activating group) is 1. The van der Waals surface area contributed by atoms with Crippen LogP contribution in [0.15, 0.2) is 18.2 Å². The molecule has 1 atom stereocenters. The van der Waals surface area contributed by atoms with Crippen LogP contribution in [0.3, 0.4) is 0 Å². The molecule has 2 amide bonds. The number of halogens is 1. The van der Waals surface area contributed by atoms with E-state index in [1.807, 2.05) is 19.0 Å². The molecule has 1 N–H and O–H groups in total. The van der Waals surface area contributed by atoms with Gasteiger partial charge >= 0.3 is 0 Å². The summed E-state index contributed by atoms with van der Waals surface area (Å²) in [4.78, 5) is 28.1. The summed E-state index contributed by atoms with van der Waals surface area (Å²) in [7, 11) is 5.43. The van der Waals surface area contributed by atoms with E-state index in [-0.39, 0.29) is 24.2 Å². The first-order valence-electron chi connectivity index (χ1n) is 7.48. The second-order valence-electron chi connectivity index (χ2n) is 5.82. The van der Waals surface area contributed by atoms with Gasteiger partial charge in [0, 0.05) is 31.1 Å². The van der Waals surface area contributed by atoms with E-state index in [9.17, 15) is 9.59 Å². The summed E-state index contributed by atoms with van der Waals surface area (Å²) in [5.41, 5.74) is 0.605. The standard InChI is InChI=1S/C16H22ClN3O3/c1-19(2)7-6-18-16(22)11-8-15(21)20(10-11)13-9-12(17)4-5-14(13)23-3/h4-5,9,11H,6-8,10H2,1-3H3,(H,18,22)/t11-/m0/s1. The fraction of sp³-hybridized carbons (Fsp3) is 0.500. The Hall–Kier alpha value is -1.79. The van der Waals surface area contributed by atoms with Gasteiger partial charge < -0.3 is 19.9 Å². The number of carbonyl (C=O) groups is 2. The highest BCUT2D eigenvalue weighted by atomic mass is 35.5. The molecule has 1 aromatic carbocycles. The van der Waals surface area contributed by atoms with Crippen LogP contribution in [0.25, 0.3) is 0 Å². The van der Waals surface area contributed by atoms with Crippen molar-refractivity contribution in [2.45, 2.75) is 6.42 Å². The van der Waals surface area contributed by atoms with Crippen LogP contribution in [0.5, 0.6) is 5.75 Å².